The fraction of sp³-hybridized carbons (Fsp3) is 0.231. The van der Waals surface area contributed by atoms with E-state index >= 15 is 0 Å². The van der Waals surface area contributed by atoms with Crippen LogP contribution in [-0.2, 0) is 27.2 Å². The molecule has 0 spiro atoms. The molecule has 0 aliphatic heterocycles. The second-order valence-electron chi connectivity index (χ2n) is 11.9. The SMILES string of the molecule is CCc1ccccc1-c1ccnc2cc(C(=O)NC[C@@H](N)C(=O)O)sc12.CCc1ccccc1-c1ccnc2cc(C(=O)NC[C@@H](N)C(=O)OC)sc12. The zero-order valence-corrected chi connectivity index (χ0v) is 31.1. The first kappa shape index (κ1) is 38.7. The number of benzene rings is 2. The average Bonchev–Trinajstić information content (AvgIpc) is 3.84. The van der Waals surface area contributed by atoms with E-state index in [4.69, 9.17) is 16.6 Å². The molecule has 2 aromatic carbocycles. The number of thiophene rings is 2. The molecule has 0 saturated carbocycles. The number of carbonyl (C=O) groups excluding carboxylic acids is 3. The molecule has 6 rings (SSSR count). The first-order valence-electron chi connectivity index (χ1n) is 16.9. The van der Waals surface area contributed by atoms with Gasteiger partial charge in [-0.05, 0) is 59.4 Å². The van der Waals surface area contributed by atoms with E-state index in [1.165, 1.54) is 40.9 Å². The Hall–Kier alpha value is -5.54. The number of amides is 2. The van der Waals surface area contributed by atoms with Gasteiger partial charge in [-0.3, -0.25) is 29.1 Å². The third kappa shape index (κ3) is 9.10. The average molecular weight is 753 g/mol. The summed E-state index contributed by atoms with van der Waals surface area (Å²) in [7, 11) is 1.26. The van der Waals surface area contributed by atoms with Crippen molar-refractivity contribution in [3.05, 3.63) is 106 Å². The van der Waals surface area contributed by atoms with Crippen molar-refractivity contribution >= 4 is 66.9 Å². The molecule has 2 amide bonds. The summed E-state index contributed by atoms with van der Waals surface area (Å²) in [5, 5.41) is 14.0. The van der Waals surface area contributed by atoms with Crippen LogP contribution in [0.5, 0.6) is 0 Å². The van der Waals surface area contributed by atoms with Crippen molar-refractivity contribution in [3.8, 4) is 22.3 Å². The van der Waals surface area contributed by atoms with Crippen molar-refractivity contribution < 1.29 is 29.0 Å². The topological polar surface area (TPSA) is 200 Å². The van der Waals surface area contributed by atoms with Gasteiger partial charge in [-0.1, -0.05) is 62.4 Å². The van der Waals surface area contributed by atoms with Crippen LogP contribution in [0.1, 0.15) is 44.3 Å². The van der Waals surface area contributed by atoms with Crippen molar-refractivity contribution in [2.45, 2.75) is 38.8 Å². The fourth-order valence-corrected chi connectivity index (χ4v) is 7.73. The molecule has 0 fully saturated rings. The monoisotopic (exact) mass is 752 g/mol. The molecule has 7 N–H and O–H groups in total. The maximum absolute atomic E-state index is 12.5. The Kier molecular flexibility index (Phi) is 13.0. The molecule has 4 aromatic heterocycles. The Bertz CT molecular complexity index is 2270. The first-order valence-corrected chi connectivity index (χ1v) is 18.5. The van der Waals surface area contributed by atoms with Crippen LogP contribution in [0.25, 0.3) is 42.7 Å². The van der Waals surface area contributed by atoms with Gasteiger partial charge < -0.3 is 31.9 Å². The summed E-state index contributed by atoms with van der Waals surface area (Å²) in [6.45, 7) is 4.12. The Labute approximate surface area is 314 Å². The summed E-state index contributed by atoms with van der Waals surface area (Å²) in [6.07, 6.45) is 5.32. The maximum atomic E-state index is 12.5. The Morgan fingerprint density at radius 2 is 1.13 bits per heavy atom. The Morgan fingerprint density at radius 3 is 1.55 bits per heavy atom. The van der Waals surface area contributed by atoms with Crippen LogP contribution < -0.4 is 22.1 Å². The number of hydrogen-bond donors (Lipinski definition) is 5. The minimum absolute atomic E-state index is 0.0126. The number of nitrogens with zero attached hydrogens (tertiary/aromatic N) is 2. The summed E-state index contributed by atoms with van der Waals surface area (Å²) >= 11 is 2.72. The van der Waals surface area contributed by atoms with Crippen LogP contribution in [0.3, 0.4) is 0 Å². The van der Waals surface area contributed by atoms with Crippen molar-refractivity contribution in [3.63, 3.8) is 0 Å². The van der Waals surface area contributed by atoms with Crippen LogP contribution in [0.2, 0.25) is 0 Å². The van der Waals surface area contributed by atoms with E-state index in [0.29, 0.717) is 9.75 Å². The van der Waals surface area contributed by atoms with Gasteiger partial charge in [-0.15, -0.1) is 22.7 Å². The second-order valence-corrected chi connectivity index (χ2v) is 14.0. The summed E-state index contributed by atoms with van der Waals surface area (Å²) in [5.41, 5.74) is 19.5. The number of aliphatic carboxylic acids is 1. The number of fused-ring (bicyclic) bond motifs is 2. The van der Waals surface area contributed by atoms with Gasteiger partial charge in [0.25, 0.3) is 11.8 Å². The van der Waals surface area contributed by atoms with E-state index in [1.54, 1.807) is 24.5 Å². The number of carboxylic acids is 1. The molecule has 0 aliphatic carbocycles. The molecule has 6 aromatic rings. The van der Waals surface area contributed by atoms with Gasteiger partial charge in [-0.25, -0.2) is 0 Å². The second kappa shape index (κ2) is 17.8. The molecular formula is C39H40N6O6S2. The molecule has 0 saturated heterocycles. The minimum Gasteiger partial charge on any atom is -0.480 e. The summed E-state index contributed by atoms with van der Waals surface area (Å²) in [5.74, 6) is -2.35. The predicted octanol–water partition coefficient (Wildman–Crippen LogP) is 5.42. The number of rotatable bonds is 12. The van der Waals surface area contributed by atoms with Gasteiger partial charge >= 0.3 is 11.9 Å². The number of aryl methyl sites for hydroxylation is 2. The van der Waals surface area contributed by atoms with Crippen LogP contribution >= 0.6 is 22.7 Å². The van der Waals surface area contributed by atoms with Crippen LogP contribution in [0, 0.1) is 0 Å². The predicted molar refractivity (Wildman–Crippen MR) is 209 cm³/mol. The van der Waals surface area contributed by atoms with Crippen molar-refractivity contribution in [2.75, 3.05) is 20.2 Å². The molecular weight excluding hydrogens is 713 g/mol. The number of ether oxygens (including phenoxy) is 1. The van der Waals surface area contributed by atoms with Crippen LogP contribution in [0.15, 0.2) is 85.2 Å². The summed E-state index contributed by atoms with van der Waals surface area (Å²) in [6, 6.07) is 21.8. The van der Waals surface area contributed by atoms with Crippen molar-refractivity contribution in [1.82, 2.24) is 20.6 Å². The molecule has 53 heavy (non-hydrogen) atoms. The van der Waals surface area contributed by atoms with E-state index in [1.807, 2.05) is 36.4 Å². The lowest BCUT2D eigenvalue weighted by Crippen LogP contribution is -2.42. The smallest absolute Gasteiger partial charge is 0.324 e. The van der Waals surface area contributed by atoms with Crippen molar-refractivity contribution in [1.29, 1.82) is 0 Å². The molecule has 0 aliphatic rings. The zero-order valence-electron chi connectivity index (χ0n) is 29.4. The number of esters is 1. The molecule has 0 unspecified atom stereocenters. The molecule has 0 radical (unpaired) electrons. The lowest BCUT2D eigenvalue weighted by molar-refractivity contribution is -0.142. The third-order valence-corrected chi connectivity index (χ3v) is 10.7. The zero-order chi connectivity index (χ0) is 38.1. The molecule has 4 heterocycles. The third-order valence-electron chi connectivity index (χ3n) is 8.43. The van der Waals surface area contributed by atoms with Crippen molar-refractivity contribution in [2.24, 2.45) is 11.5 Å². The van der Waals surface area contributed by atoms with E-state index in [0.717, 1.165) is 55.5 Å². The number of hydrogen-bond acceptors (Lipinski definition) is 11. The maximum Gasteiger partial charge on any atom is 0.324 e. The minimum atomic E-state index is -1.15. The Morgan fingerprint density at radius 1 is 0.698 bits per heavy atom. The molecule has 0 bridgehead atoms. The highest BCUT2D eigenvalue weighted by atomic mass is 32.1. The number of nitrogens with two attached hydrogens (primary N) is 2. The van der Waals surface area contributed by atoms with E-state index in [9.17, 15) is 19.2 Å². The summed E-state index contributed by atoms with van der Waals surface area (Å²) < 4.78 is 6.45. The molecule has 12 nitrogen and oxygen atoms in total. The highest BCUT2D eigenvalue weighted by molar-refractivity contribution is 7.21. The lowest BCUT2D eigenvalue weighted by Gasteiger charge is -2.09. The number of pyridine rings is 2. The van der Waals surface area contributed by atoms with Gasteiger partial charge in [0.2, 0.25) is 0 Å². The van der Waals surface area contributed by atoms with Gasteiger partial charge in [0.05, 0.1) is 37.3 Å². The largest absolute Gasteiger partial charge is 0.480 e. The van der Waals surface area contributed by atoms with Crippen LogP contribution in [0.4, 0.5) is 0 Å². The van der Waals surface area contributed by atoms with Gasteiger partial charge in [0.15, 0.2) is 0 Å². The number of nitrogens with one attached hydrogen (secondary N) is 2. The first-order chi connectivity index (χ1) is 25.6. The lowest BCUT2D eigenvalue weighted by atomic mass is 9.99. The summed E-state index contributed by atoms with van der Waals surface area (Å²) in [4.78, 5) is 56.7. The van der Waals surface area contributed by atoms with Gasteiger partial charge in [0, 0.05) is 36.6 Å². The van der Waals surface area contributed by atoms with E-state index in [2.05, 4.69) is 63.5 Å². The highest BCUT2D eigenvalue weighted by Crippen LogP contribution is 2.37. The molecule has 14 heteroatoms. The molecule has 2 atom stereocenters. The quantitative estimate of drug-likeness (QED) is 0.101. The number of carboxylic acid groups (broad SMARTS) is 1. The number of methoxy groups -OCH3 is 1. The number of carbonyl (C=O) groups is 4. The standard InChI is InChI=1S/C20H21N3O3S.C19H19N3O3S/c1-3-12-6-4-5-7-13(12)14-8-9-22-16-10-17(27-18(14)16)19(24)23-11-15(21)20(25)26-2;1-2-11-5-3-4-6-12(11)13-7-8-21-15-9-16(26-17(13)15)18(23)22-10-14(20)19(24)25/h4-10,15H,3,11,21H2,1-2H3,(H,23,24);3-9,14H,2,10,20H2,1H3,(H,22,23)(H,24,25)/t15-;14-/m11/s1. The number of aromatic nitrogens is 2. The van der Waals surface area contributed by atoms with Crippen LogP contribution in [-0.4, -0.2) is 71.1 Å². The van der Waals surface area contributed by atoms with Gasteiger partial charge in [-0.2, -0.15) is 0 Å². The molecule has 274 valence electrons. The van der Waals surface area contributed by atoms with E-state index in [-0.39, 0.29) is 24.9 Å². The van der Waals surface area contributed by atoms with Gasteiger partial charge in [0.1, 0.15) is 12.1 Å². The normalized spacial score (nSPS) is 12.0. The Balaban J connectivity index is 0.000000204. The highest BCUT2D eigenvalue weighted by Gasteiger charge is 2.20. The fourth-order valence-electron chi connectivity index (χ4n) is 5.61. The van der Waals surface area contributed by atoms with E-state index < -0.39 is 24.0 Å².